The third-order valence-corrected chi connectivity index (χ3v) is 2.67. The molecule has 1 saturated heterocycles. The molecule has 6 nitrogen and oxygen atoms in total. The fourth-order valence-electron chi connectivity index (χ4n) is 1.89. The Hall–Kier alpha value is -1.56. The number of hydrogen-bond acceptors (Lipinski definition) is 3. The topological polar surface area (TPSA) is 89.2 Å². The maximum Gasteiger partial charge on any atom is 0.323 e. The molecule has 0 bridgehead atoms. The number of hydrogen-bond donors (Lipinski definition) is 3. The standard InChI is InChI=1S/C9H13N3O3/c13-5-6-2-1-3-12(6)8(14)7-4-10-9(15)11-7/h4,6,13H,1-3,5H2,(H2,10,11,15). The van der Waals surface area contributed by atoms with Gasteiger partial charge >= 0.3 is 5.69 Å². The van der Waals surface area contributed by atoms with Gasteiger partial charge < -0.3 is 20.0 Å². The van der Waals surface area contributed by atoms with Crippen LogP contribution in [0, 0.1) is 0 Å². The van der Waals surface area contributed by atoms with Crippen LogP contribution >= 0.6 is 0 Å². The molecule has 2 heterocycles. The molecule has 2 rings (SSSR count). The van der Waals surface area contributed by atoms with Gasteiger partial charge in [-0.15, -0.1) is 0 Å². The number of aromatic nitrogens is 2. The molecule has 3 N–H and O–H groups in total. The van der Waals surface area contributed by atoms with Crippen molar-refractivity contribution in [1.82, 2.24) is 14.9 Å². The number of likely N-dealkylation sites (tertiary alicyclic amines) is 1. The molecule has 0 aromatic carbocycles. The second kappa shape index (κ2) is 3.90. The number of H-pyrrole nitrogens is 2. The number of aliphatic hydroxyl groups is 1. The molecule has 1 aromatic heterocycles. The molecule has 0 saturated carbocycles. The van der Waals surface area contributed by atoms with Crippen LogP contribution in [0.25, 0.3) is 0 Å². The third-order valence-electron chi connectivity index (χ3n) is 2.67. The van der Waals surface area contributed by atoms with Crippen molar-refractivity contribution in [1.29, 1.82) is 0 Å². The van der Waals surface area contributed by atoms with Crippen LogP contribution in [-0.2, 0) is 0 Å². The molecule has 1 aromatic rings. The van der Waals surface area contributed by atoms with Crippen LogP contribution in [0.3, 0.4) is 0 Å². The van der Waals surface area contributed by atoms with E-state index in [-0.39, 0.29) is 24.2 Å². The largest absolute Gasteiger partial charge is 0.394 e. The number of aromatic amines is 2. The maximum atomic E-state index is 11.9. The summed E-state index contributed by atoms with van der Waals surface area (Å²) >= 11 is 0. The molecule has 15 heavy (non-hydrogen) atoms. The quantitative estimate of drug-likeness (QED) is 0.604. The van der Waals surface area contributed by atoms with Crippen LogP contribution < -0.4 is 5.69 Å². The Kier molecular flexibility index (Phi) is 2.59. The molecule has 1 amide bonds. The molecule has 1 fully saturated rings. The first-order valence-corrected chi connectivity index (χ1v) is 4.92. The highest BCUT2D eigenvalue weighted by molar-refractivity contribution is 5.92. The second-order valence-electron chi connectivity index (χ2n) is 3.63. The molecule has 0 aliphatic carbocycles. The van der Waals surface area contributed by atoms with Crippen molar-refractivity contribution >= 4 is 5.91 Å². The lowest BCUT2D eigenvalue weighted by molar-refractivity contribution is 0.0672. The van der Waals surface area contributed by atoms with E-state index in [2.05, 4.69) is 9.97 Å². The Labute approximate surface area is 85.9 Å². The third kappa shape index (κ3) is 1.80. The van der Waals surface area contributed by atoms with Gasteiger partial charge in [0, 0.05) is 12.7 Å². The first kappa shape index (κ1) is 9.97. The predicted octanol–water partition coefficient (Wildman–Crippen LogP) is -0.700. The highest BCUT2D eigenvalue weighted by atomic mass is 16.3. The average Bonchev–Trinajstić information content (AvgIpc) is 2.84. The Morgan fingerprint density at radius 2 is 2.47 bits per heavy atom. The van der Waals surface area contributed by atoms with E-state index in [1.165, 1.54) is 6.20 Å². The summed E-state index contributed by atoms with van der Waals surface area (Å²) in [5, 5.41) is 9.06. The van der Waals surface area contributed by atoms with E-state index in [1.54, 1.807) is 4.90 Å². The van der Waals surface area contributed by atoms with Crippen molar-refractivity contribution in [3.63, 3.8) is 0 Å². The summed E-state index contributed by atoms with van der Waals surface area (Å²) in [6.45, 7) is 0.609. The maximum absolute atomic E-state index is 11.9. The van der Waals surface area contributed by atoms with Crippen LogP contribution in [0.5, 0.6) is 0 Å². The summed E-state index contributed by atoms with van der Waals surface area (Å²) in [7, 11) is 0. The van der Waals surface area contributed by atoms with Gasteiger partial charge in [0.1, 0.15) is 5.69 Å². The van der Waals surface area contributed by atoms with Crippen LogP contribution in [0.2, 0.25) is 0 Å². The van der Waals surface area contributed by atoms with Gasteiger partial charge in [-0.25, -0.2) is 4.79 Å². The molecule has 1 aliphatic heterocycles. The first-order valence-electron chi connectivity index (χ1n) is 4.92. The zero-order valence-electron chi connectivity index (χ0n) is 8.19. The van der Waals surface area contributed by atoms with E-state index in [9.17, 15) is 9.59 Å². The number of aliphatic hydroxyl groups excluding tert-OH is 1. The molecule has 1 aliphatic rings. The van der Waals surface area contributed by atoms with Gasteiger partial charge in [0.15, 0.2) is 0 Å². The molecule has 1 unspecified atom stereocenters. The molecule has 6 heteroatoms. The van der Waals surface area contributed by atoms with E-state index in [1.807, 2.05) is 0 Å². The zero-order chi connectivity index (χ0) is 10.8. The summed E-state index contributed by atoms with van der Waals surface area (Å²) in [5.41, 5.74) is -0.140. The minimum atomic E-state index is -0.391. The minimum Gasteiger partial charge on any atom is -0.394 e. The summed E-state index contributed by atoms with van der Waals surface area (Å²) in [6, 6.07) is -0.115. The number of nitrogens with one attached hydrogen (secondary N) is 2. The van der Waals surface area contributed by atoms with Gasteiger partial charge in [-0.2, -0.15) is 0 Å². The van der Waals surface area contributed by atoms with E-state index < -0.39 is 5.69 Å². The number of nitrogens with zero attached hydrogens (tertiary/aromatic N) is 1. The fourth-order valence-corrected chi connectivity index (χ4v) is 1.89. The Balaban J connectivity index is 2.17. The van der Waals surface area contributed by atoms with E-state index in [4.69, 9.17) is 5.11 Å². The molecule has 1 atom stereocenters. The fraction of sp³-hybridized carbons (Fsp3) is 0.556. The van der Waals surface area contributed by atoms with Crippen LogP contribution in [0.1, 0.15) is 23.3 Å². The summed E-state index contributed by atoms with van der Waals surface area (Å²) in [4.78, 5) is 29.1. The predicted molar refractivity (Wildman–Crippen MR) is 52.6 cm³/mol. The Morgan fingerprint density at radius 3 is 3.07 bits per heavy atom. The van der Waals surface area contributed by atoms with Gasteiger partial charge in [0.25, 0.3) is 5.91 Å². The normalized spacial score (nSPS) is 20.9. The molecular weight excluding hydrogens is 198 g/mol. The minimum absolute atomic E-state index is 0.0274. The Bertz CT molecular complexity index is 409. The lowest BCUT2D eigenvalue weighted by Crippen LogP contribution is -2.37. The van der Waals surface area contributed by atoms with Gasteiger partial charge in [0.05, 0.1) is 12.6 Å². The van der Waals surface area contributed by atoms with Crippen molar-refractivity contribution in [3.8, 4) is 0 Å². The molecule has 0 radical (unpaired) electrons. The lowest BCUT2D eigenvalue weighted by Gasteiger charge is -2.21. The summed E-state index contributed by atoms with van der Waals surface area (Å²) < 4.78 is 0. The van der Waals surface area contributed by atoms with Crippen LogP contribution in [0.15, 0.2) is 11.0 Å². The van der Waals surface area contributed by atoms with Crippen LogP contribution in [-0.4, -0.2) is 45.1 Å². The highest BCUT2D eigenvalue weighted by Crippen LogP contribution is 2.18. The van der Waals surface area contributed by atoms with E-state index in [0.717, 1.165) is 12.8 Å². The van der Waals surface area contributed by atoms with Gasteiger partial charge in [-0.1, -0.05) is 0 Å². The van der Waals surface area contributed by atoms with Crippen molar-refractivity contribution in [2.24, 2.45) is 0 Å². The average molecular weight is 211 g/mol. The Morgan fingerprint density at radius 1 is 1.67 bits per heavy atom. The van der Waals surface area contributed by atoms with Crippen molar-refractivity contribution in [2.45, 2.75) is 18.9 Å². The van der Waals surface area contributed by atoms with E-state index >= 15 is 0 Å². The lowest BCUT2D eigenvalue weighted by atomic mass is 10.2. The number of amides is 1. The zero-order valence-corrected chi connectivity index (χ0v) is 8.19. The van der Waals surface area contributed by atoms with Gasteiger partial charge in [0.2, 0.25) is 0 Å². The molecule has 0 spiro atoms. The van der Waals surface area contributed by atoms with Gasteiger partial charge in [-0.05, 0) is 12.8 Å². The monoisotopic (exact) mass is 211 g/mol. The molecular formula is C9H13N3O3. The SMILES string of the molecule is O=C(c1c[nH]c(=O)[nH]1)N1CCCC1CO. The summed E-state index contributed by atoms with van der Waals surface area (Å²) in [6.07, 6.45) is 3.07. The van der Waals surface area contributed by atoms with E-state index in [0.29, 0.717) is 6.54 Å². The van der Waals surface area contributed by atoms with Crippen molar-refractivity contribution < 1.29 is 9.90 Å². The van der Waals surface area contributed by atoms with Crippen molar-refractivity contribution in [3.05, 3.63) is 22.4 Å². The van der Waals surface area contributed by atoms with Gasteiger partial charge in [-0.3, -0.25) is 4.79 Å². The smallest absolute Gasteiger partial charge is 0.323 e. The first-order chi connectivity index (χ1) is 7.22. The second-order valence-corrected chi connectivity index (χ2v) is 3.63. The molecule has 82 valence electrons. The number of carbonyl (C=O) groups is 1. The number of rotatable bonds is 2. The highest BCUT2D eigenvalue weighted by Gasteiger charge is 2.29. The summed E-state index contributed by atoms with van der Waals surface area (Å²) in [5.74, 6) is -0.232. The number of carbonyl (C=O) groups excluding carboxylic acids is 1. The van der Waals surface area contributed by atoms with Crippen molar-refractivity contribution in [2.75, 3.05) is 13.2 Å². The van der Waals surface area contributed by atoms with Crippen LogP contribution in [0.4, 0.5) is 0 Å². The number of imidazole rings is 1.